The number of carbonyl (C=O) groups excluding carboxylic acids is 2. The quantitative estimate of drug-likeness (QED) is 0.797. The average Bonchev–Trinajstić information content (AvgIpc) is 2.58. The first-order valence-corrected chi connectivity index (χ1v) is 7.85. The molecule has 2 aromatic rings. The monoisotopic (exact) mass is 349 g/mol. The zero-order valence-corrected chi connectivity index (χ0v) is 13.8. The predicted molar refractivity (Wildman–Crippen MR) is 90.5 cm³/mol. The van der Waals surface area contributed by atoms with Crippen LogP contribution >= 0.6 is 11.6 Å². The molecule has 1 atom stereocenters. The lowest BCUT2D eigenvalue weighted by Crippen LogP contribution is -2.24. The largest absolute Gasteiger partial charge is 0.455 e. The Balaban J connectivity index is 1.93. The SMILES string of the molecule is CC[C@@H](C(=O)OCC(=O)Nc1cc(Cl)ccc1F)c1ccccc1. The maximum atomic E-state index is 13.6. The van der Waals surface area contributed by atoms with Crippen LogP contribution in [0, 0.1) is 5.82 Å². The standard InChI is InChI=1S/C18H17ClFNO3/c1-2-14(12-6-4-3-5-7-12)18(23)24-11-17(22)21-16-10-13(19)8-9-15(16)20/h3-10,14H,2,11H2,1H3,(H,21,22)/t14-/m1/s1. The first kappa shape index (κ1) is 17.9. The molecule has 2 rings (SSSR count). The van der Waals surface area contributed by atoms with E-state index in [1.807, 2.05) is 37.3 Å². The summed E-state index contributed by atoms with van der Waals surface area (Å²) in [7, 11) is 0. The molecule has 4 nitrogen and oxygen atoms in total. The van der Waals surface area contributed by atoms with Gasteiger partial charge in [-0.15, -0.1) is 0 Å². The smallest absolute Gasteiger partial charge is 0.313 e. The summed E-state index contributed by atoms with van der Waals surface area (Å²) in [6.07, 6.45) is 0.549. The topological polar surface area (TPSA) is 55.4 Å². The Labute approximate surface area is 144 Å². The number of ether oxygens (including phenoxy) is 1. The number of hydrogen-bond acceptors (Lipinski definition) is 3. The minimum atomic E-state index is -0.632. The fourth-order valence-corrected chi connectivity index (χ4v) is 2.41. The van der Waals surface area contributed by atoms with E-state index in [-0.39, 0.29) is 5.69 Å². The Morgan fingerprint density at radius 2 is 1.92 bits per heavy atom. The molecule has 0 saturated heterocycles. The van der Waals surface area contributed by atoms with Crippen LogP contribution in [0.5, 0.6) is 0 Å². The van der Waals surface area contributed by atoms with Crippen LogP contribution in [0.15, 0.2) is 48.5 Å². The minimum Gasteiger partial charge on any atom is -0.455 e. The number of esters is 1. The van der Waals surface area contributed by atoms with Gasteiger partial charge >= 0.3 is 5.97 Å². The predicted octanol–water partition coefficient (Wildman–Crippen LogP) is 4.15. The van der Waals surface area contributed by atoms with E-state index in [0.29, 0.717) is 11.4 Å². The van der Waals surface area contributed by atoms with Crippen LogP contribution in [0.3, 0.4) is 0 Å². The molecule has 0 fully saturated rings. The van der Waals surface area contributed by atoms with Crippen molar-refractivity contribution in [3.05, 3.63) is 64.9 Å². The van der Waals surface area contributed by atoms with E-state index in [1.165, 1.54) is 12.1 Å². The second-order valence-corrected chi connectivity index (χ2v) is 5.59. The maximum absolute atomic E-state index is 13.6. The molecule has 0 unspecified atom stereocenters. The molecule has 0 radical (unpaired) electrons. The highest BCUT2D eigenvalue weighted by Crippen LogP contribution is 2.21. The van der Waals surface area contributed by atoms with Crippen LogP contribution in [-0.4, -0.2) is 18.5 Å². The van der Waals surface area contributed by atoms with Crippen molar-refractivity contribution in [1.29, 1.82) is 0 Å². The van der Waals surface area contributed by atoms with Crippen LogP contribution in [0.1, 0.15) is 24.8 Å². The van der Waals surface area contributed by atoms with E-state index in [2.05, 4.69) is 5.32 Å². The molecule has 1 amide bonds. The number of amides is 1. The van der Waals surface area contributed by atoms with Gasteiger partial charge in [-0.05, 0) is 30.2 Å². The van der Waals surface area contributed by atoms with Gasteiger partial charge in [0, 0.05) is 5.02 Å². The number of carbonyl (C=O) groups is 2. The summed E-state index contributed by atoms with van der Waals surface area (Å²) >= 11 is 5.75. The van der Waals surface area contributed by atoms with Crippen LogP contribution in [0.2, 0.25) is 5.02 Å². The highest BCUT2D eigenvalue weighted by atomic mass is 35.5. The van der Waals surface area contributed by atoms with E-state index in [9.17, 15) is 14.0 Å². The molecule has 0 heterocycles. The Kier molecular flexibility index (Phi) is 6.32. The molecule has 0 spiro atoms. The zero-order chi connectivity index (χ0) is 17.5. The fourth-order valence-electron chi connectivity index (χ4n) is 2.24. The molecule has 0 saturated carbocycles. The van der Waals surface area contributed by atoms with Gasteiger partial charge in [0.2, 0.25) is 0 Å². The number of benzene rings is 2. The number of anilines is 1. The van der Waals surface area contributed by atoms with Gasteiger partial charge in [0.25, 0.3) is 5.91 Å². The van der Waals surface area contributed by atoms with E-state index < -0.39 is 30.2 Å². The normalized spacial score (nSPS) is 11.6. The van der Waals surface area contributed by atoms with Gasteiger partial charge in [0.15, 0.2) is 6.61 Å². The third-order valence-electron chi connectivity index (χ3n) is 3.44. The van der Waals surface area contributed by atoms with Gasteiger partial charge < -0.3 is 10.1 Å². The highest BCUT2D eigenvalue weighted by Gasteiger charge is 2.21. The Bertz CT molecular complexity index is 721. The minimum absolute atomic E-state index is 0.0568. The van der Waals surface area contributed by atoms with Crippen molar-refractivity contribution < 1.29 is 18.7 Å². The molecule has 0 aliphatic carbocycles. The summed E-state index contributed by atoms with van der Waals surface area (Å²) in [6, 6.07) is 13.0. The van der Waals surface area contributed by atoms with Crippen LogP contribution in [0.25, 0.3) is 0 Å². The Hall–Kier alpha value is -2.40. The van der Waals surface area contributed by atoms with Crippen molar-refractivity contribution >= 4 is 29.2 Å². The lowest BCUT2D eigenvalue weighted by molar-refractivity contribution is -0.149. The first-order chi connectivity index (χ1) is 11.5. The second kappa shape index (κ2) is 8.45. The maximum Gasteiger partial charge on any atom is 0.313 e. The van der Waals surface area contributed by atoms with Crippen molar-refractivity contribution in [2.45, 2.75) is 19.3 Å². The van der Waals surface area contributed by atoms with E-state index in [1.54, 1.807) is 0 Å². The number of nitrogens with one attached hydrogen (secondary N) is 1. The van der Waals surface area contributed by atoms with Crippen molar-refractivity contribution in [3.8, 4) is 0 Å². The van der Waals surface area contributed by atoms with Crippen molar-refractivity contribution in [2.75, 3.05) is 11.9 Å². The van der Waals surface area contributed by atoms with Gasteiger partial charge in [-0.2, -0.15) is 0 Å². The van der Waals surface area contributed by atoms with E-state index in [0.717, 1.165) is 11.6 Å². The summed E-state index contributed by atoms with van der Waals surface area (Å²) in [4.78, 5) is 24.0. The Morgan fingerprint density at radius 3 is 2.58 bits per heavy atom. The van der Waals surface area contributed by atoms with Crippen LogP contribution in [-0.2, 0) is 14.3 Å². The lowest BCUT2D eigenvalue weighted by Gasteiger charge is -2.14. The lowest BCUT2D eigenvalue weighted by atomic mass is 9.97. The van der Waals surface area contributed by atoms with Crippen LogP contribution in [0.4, 0.5) is 10.1 Å². The highest BCUT2D eigenvalue weighted by molar-refractivity contribution is 6.30. The average molecular weight is 350 g/mol. The van der Waals surface area contributed by atoms with Gasteiger partial charge in [-0.1, -0.05) is 48.9 Å². The molecule has 0 aliphatic rings. The molecule has 126 valence electrons. The summed E-state index contributed by atoms with van der Waals surface area (Å²) in [5.41, 5.74) is 0.768. The molecular weight excluding hydrogens is 333 g/mol. The number of rotatable bonds is 6. The van der Waals surface area contributed by atoms with Gasteiger partial charge in [0.1, 0.15) is 5.82 Å². The molecular formula is C18H17ClFNO3. The summed E-state index contributed by atoms with van der Waals surface area (Å²) in [6.45, 7) is 1.37. The molecule has 0 aromatic heterocycles. The molecule has 24 heavy (non-hydrogen) atoms. The summed E-state index contributed by atoms with van der Waals surface area (Å²) < 4.78 is 18.6. The molecule has 6 heteroatoms. The van der Waals surface area contributed by atoms with Gasteiger partial charge in [0.05, 0.1) is 11.6 Å². The summed E-state index contributed by atoms with van der Waals surface area (Å²) in [5.74, 6) is -2.19. The second-order valence-electron chi connectivity index (χ2n) is 5.15. The third kappa shape index (κ3) is 4.80. The van der Waals surface area contributed by atoms with E-state index >= 15 is 0 Å². The Morgan fingerprint density at radius 1 is 1.21 bits per heavy atom. The third-order valence-corrected chi connectivity index (χ3v) is 3.68. The zero-order valence-electron chi connectivity index (χ0n) is 13.1. The fraction of sp³-hybridized carbons (Fsp3) is 0.222. The van der Waals surface area contributed by atoms with Crippen molar-refractivity contribution in [3.63, 3.8) is 0 Å². The van der Waals surface area contributed by atoms with Crippen LogP contribution < -0.4 is 5.32 Å². The number of hydrogen-bond donors (Lipinski definition) is 1. The molecule has 0 aliphatic heterocycles. The van der Waals surface area contributed by atoms with E-state index in [4.69, 9.17) is 16.3 Å². The molecule has 1 N–H and O–H groups in total. The first-order valence-electron chi connectivity index (χ1n) is 7.47. The molecule has 2 aromatic carbocycles. The van der Waals surface area contributed by atoms with Gasteiger partial charge in [-0.3, -0.25) is 9.59 Å². The molecule has 0 bridgehead atoms. The van der Waals surface area contributed by atoms with Crippen molar-refractivity contribution in [1.82, 2.24) is 0 Å². The van der Waals surface area contributed by atoms with Gasteiger partial charge in [-0.25, -0.2) is 4.39 Å². The van der Waals surface area contributed by atoms with Crippen molar-refractivity contribution in [2.24, 2.45) is 0 Å². The number of halogens is 2. The summed E-state index contributed by atoms with van der Waals surface area (Å²) in [5, 5.41) is 2.62.